The normalized spacial score (nSPS) is 19.9. The minimum Gasteiger partial charge on any atom is -0.493 e. The topological polar surface area (TPSA) is 30.5 Å². The molecule has 1 heterocycles. The molecule has 0 fully saturated rings. The van der Waals surface area contributed by atoms with E-state index in [2.05, 4.69) is 22.7 Å². The summed E-state index contributed by atoms with van der Waals surface area (Å²) in [6, 6.07) is 9.93. The molecule has 1 aliphatic rings. The van der Waals surface area contributed by atoms with Gasteiger partial charge in [0.2, 0.25) is 0 Å². The zero-order chi connectivity index (χ0) is 18.9. The third kappa shape index (κ3) is 4.29. The van der Waals surface area contributed by atoms with Gasteiger partial charge in [-0.15, -0.1) is 24.9 Å². The summed E-state index contributed by atoms with van der Waals surface area (Å²) in [4.78, 5) is 0. The van der Waals surface area contributed by atoms with Crippen molar-refractivity contribution in [3.8, 4) is 11.5 Å². The number of anilines is 1. The van der Waals surface area contributed by atoms with Crippen LogP contribution in [0.3, 0.4) is 0 Å². The zero-order valence-electron chi connectivity index (χ0n) is 13.5. The Morgan fingerprint density at radius 2 is 2.00 bits per heavy atom. The van der Waals surface area contributed by atoms with E-state index in [0.717, 1.165) is 11.3 Å². The van der Waals surface area contributed by atoms with Gasteiger partial charge in [0, 0.05) is 22.0 Å². The van der Waals surface area contributed by atoms with Crippen LogP contribution < -0.4 is 14.8 Å². The van der Waals surface area contributed by atoms with Gasteiger partial charge in [0.15, 0.2) is 11.5 Å². The summed E-state index contributed by atoms with van der Waals surface area (Å²) in [5, 5.41) is 3.15. The molecular weight excluding hydrogens is 407 g/mol. The number of hydrogen-bond acceptors (Lipinski definition) is 5. The number of hydrogen-bond donors (Lipinski definition) is 2. The molecule has 2 atom stereocenters. The van der Waals surface area contributed by atoms with Crippen LogP contribution in [-0.2, 0) is 0 Å². The van der Waals surface area contributed by atoms with Gasteiger partial charge in [0.05, 0.1) is 17.7 Å². The highest BCUT2D eigenvalue weighted by Gasteiger charge is 2.36. The maximum atomic E-state index is 13.0. The standard InChI is InChI=1S/C17H15ClF3NO2S2/c1-23-13-4-2-3-10(15(13)24-17(19,20)21)16-11-7-9(18)5-6-12(11)22-14(25)8-26-16/h2-7,14,16,22,25H,8H2,1H3/t14?,16-/m1/s1. The van der Waals surface area contributed by atoms with E-state index in [1.807, 2.05) is 0 Å². The molecule has 0 aromatic heterocycles. The number of alkyl halides is 3. The van der Waals surface area contributed by atoms with E-state index in [1.54, 1.807) is 30.3 Å². The van der Waals surface area contributed by atoms with E-state index in [4.69, 9.17) is 16.3 Å². The molecule has 26 heavy (non-hydrogen) atoms. The Labute approximate surface area is 163 Å². The molecule has 0 radical (unpaired) electrons. The molecule has 0 spiro atoms. The lowest BCUT2D eigenvalue weighted by Crippen LogP contribution is -2.19. The number of thioether (sulfide) groups is 1. The Kier molecular flexibility index (Phi) is 5.74. The summed E-state index contributed by atoms with van der Waals surface area (Å²) in [6.07, 6.45) is -4.83. The van der Waals surface area contributed by atoms with E-state index in [9.17, 15) is 13.2 Å². The number of fused-ring (bicyclic) bond motifs is 1. The number of methoxy groups -OCH3 is 1. The van der Waals surface area contributed by atoms with Crippen LogP contribution in [0.2, 0.25) is 5.02 Å². The van der Waals surface area contributed by atoms with Crippen molar-refractivity contribution in [1.82, 2.24) is 0 Å². The number of ether oxygens (including phenoxy) is 2. The lowest BCUT2D eigenvalue weighted by Gasteiger charge is -2.22. The van der Waals surface area contributed by atoms with E-state index >= 15 is 0 Å². The van der Waals surface area contributed by atoms with Gasteiger partial charge < -0.3 is 14.8 Å². The molecule has 140 valence electrons. The molecule has 0 amide bonds. The number of rotatable bonds is 3. The Hall–Kier alpha value is -1.38. The number of thiol groups is 1. The molecule has 0 aliphatic carbocycles. The molecule has 1 unspecified atom stereocenters. The second-order valence-electron chi connectivity index (χ2n) is 5.53. The Bertz CT molecular complexity index is 804. The number of para-hydroxylation sites is 1. The second kappa shape index (κ2) is 7.70. The molecular formula is C17H15ClF3NO2S2. The SMILES string of the molecule is COc1cccc([C@H]2SCC(S)Nc3ccc(Cl)cc32)c1OC(F)(F)F. The van der Waals surface area contributed by atoms with Crippen molar-refractivity contribution in [2.45, 2.75) is 17.0 Å². The van der Waals surface area contributed by atoms with Crippen molar-refractivity contribution in [3.63, 3.8) is 0 Å². The summed E-state index contributed by atoms with van der Waals surface area (Å²) >= 11 is 12.1. The van der Waals surface area contributed by atoms with Crippen LogP contribution in [0.25, 0.3) is 0 Å². The highest BCUT2D eigenvalue weighted by atomic mass is 35.5. The molecule has 3 rings (SSSR count). The minimum absolute atomic E-state index is 0.0173. The largest absolute Gasteiger partial charge is 0.573 e. The predicted molar refractivity (Wildman–Crippen MR) is 102 cm³/mol. The number of benzene rings is 2. The van der Waals surface area contributed by atoms with E-state index < -0.39 is 11.6 Å². The van der Waals surface area contributed by atoms with Crippen molar-refractivity contribution in [2.75, 3.05) is 18.2 Å². The number of nitrogens with one attached hydrogen (secondary N) is 1. The zero-order valence-corrected chi connectivity index (χ0v) is 16.0. The summed E-state index contributed by atoms with van der Waals surface area (Å²) in [7, 11) is 1.30. The van der Waals surface area contributed by atoms with Crippen molar-refractivity contribution in [1.29, 1.82) is 0 Å². The van der Waals surface area contributed by atoms with Gasteiger partial charge in [-0.05, 0) is 29.8 Å². The lowest BCUT2D eigenvalue weighted by atomic mass is 10.0. The molecule has 1 aliphatic heterocycles. The fourth-order valence-electron chi connectivity index (χ4n) is 2.76. The quantitative estimate of drug-likeness (QED) is 0.617. The molecule has 0 bridgehead atoms. The third-order valence-corrected chi connectivity index (χ3v) is 5.93. The van der Waals surface area contributed by atoms with Crippen molar-refractivity contribution in [2.24, 2.45) is 0 Å². The van der Waals surface area contributed by atoms with E-state index in [0.29, 0.717) is 16.3 Å². The van der Waals surface area contributed by atoms with E-state index in [1.165, 1.54) is 24.9 Å². The van der Waals surface area contributed by atoms with Crippen LogP contribution in [0, 0.1) is 0 Å². The highest BCUT2D eigenvalue weighted by molar-refractivity contribution is 8.00. The summed E-state index contributed by atoms with van der Waals surface area (Å²) in [5.74, 6) is 0.245. The van der Waals surface area contributed by atoms with Crippen molar-refractivity contribution < 1.29 is 22.6 Å². The molecule has 0 saturated heterocycles. The van der Waals surface area contributed by atoms with Crippen LogP contribution in [0.5, 0.6) is 11.5 Å². The first-order valence-corrected chi connectivity index (χ1v) is 9.51. The first-order chi connectivity index (χ1) is 12.3. The van der Waals surface area contributed by atoms with Crippen LogP contribution in [0.1, 0.15) is 16.4 Å². The lowest BCUT2D eigenvalue weighted by molar-refractivity contribution is -0.275. The summed E-state index contributed by atoms with van der Waals surface area (Å²) in [6.45, 7) is 0. The van der Waals surface area contributed by atoms with Crippen molar-refractivity contribution >= 4 is 41.7 Å². The highest BCUT2D eigenvalue weighted by Crippen LogP contribution is 2.49. The maximum absolute atomic E-state index is 13.0. The Morgan fingerprint density at radius 3 is 2.69 bits per heavy atom. The second-order valence-corrected chi connectivity index (χ2v) is 7.73. The summed E-state index contributed by atoms with van der Waals surface area (Å²) < 4.78 is 48.3. The number of halogens is 4. The van der Waals surface area contributed by atoms with Gasteiger partial charge in [-0.1, -0.05) is 23.7 Å². The molecule has 2 aromatic carbocycles. The van der Waals surface area contributed by atoms with Gasteiger partial charge in [-0.2, -0.15) is 12.6 Å². The Balaban J connectivity index is 2.15. The fraction of sp³-hybridized carbons (Fsp3) is 0.294. The summed E-state index contributed by atoms with van der Waals surface area (Å²) in [5.41, 5.74) is 1.89. The van der Waals surface area contributed by atoms with Gasteiger partial charge in [-0.25, -0.2) is 0 Å². The van der Waals surface area contributed by atoms with Crippen LogP contribution in [0.15, 0.2) is 36.4 Å². The fourth-order valence-corrected chi connectivity index (χ4v) is 4.54. The monoisotopic (exact) mass is 421 g/mol. The molecule has 0 saturated carbocycles. The maximum Gasteiger partial charge on any atom is 0.573 e. The molecule has 1 N–H and O–H groups in total. The van der Waals surface area contributed by atoms with E-state index in [-0.39, 0.29) is 16.9 Å². The van der Waals surface area contributed by atoms with Gasteiger partial charge >= 0.3 is 6.36 Å². The molecule has 9 heteroatoms. The third-order valence-electron chi connectivity index (χ3n) is 3.77. The van der Waals surface area contributed by atoms with Gasteiger partial charge in [-0.3, -0.25) is 0 Å². The minimum atomic E-state index is -4.83. The van der Waals surface area contributed by atoms with Gasteiger partial charge in [0.1, 0.15) is 0 Å². The van der Waals surface area contributed by atoms with Gasteiger partial charge in [0.25, 0.3) is 0 Å². The van der Waals surface area contributed by atoms with Crippen LogP contribution in [0.4, 0.5) is 18.9 Å². The molecule has 2 aromatic rings. The average Bonchev–Trinajstić information content (AvgIpc) is 2.72. The smallest absolute Gasteiger partial charge is 0.493 e. The predicted octanol–water partition coefficient (Wildman–Crippen LogP) is 5.75. The first-order valence-electron chi connectivity index (χ1n) is 7.57. The van der Waals surface area contributed by atoms with Crippen molar-refractivity contribution in [3.05, 3.63) is 52.5 Å². The van der Waals surface area contributed by atoms with Crippen LogP contribution in [-0.4, -0.2) is 24.6 Å². The molecule has 3 nitrogen and oxygen atoms in total. The average molecular weight is 422 g/mol. The Morgan fingerprint density at radius 1 is 1.23 bits per heavy atom. The first kappa shape index (κ1) is 19.4. The van der Waals surface area contributed by atoms with Crippen LogP contribution >= 0.6 is 36.0 Å².